The number of nitrogens with one attached hydrogen (secondary N) is 2. The van der Waals surface area contributed by atoms with Crippen LogP contribution < -0.4 is 10.0 Å². The molecule has 0 saturated carbocycles. The number of non-ortho nitro benzene ring substituents is 1. The standard InChI is InChI=1S/C15H15N3O5S/c1-16-24(22,23)14-8-4-12(5-9-14)17-15(19)10-11-2-6-13(7-3-11)18(20)21/h2-9,16H,10H2,1H3,(H,17,19). The number of benzene rings is 2. The van der Waals surface area contributed by atoms with Gasteiger partial charge in [0.25, 0.3) is 5.69 Å². The molecule has 24 heavy (non-hydrogen) atoms. The fourth-order valence-electron chi connectivity index (χ4n) is 1.96. The maximum absolute atomic E-state index is 12.0. The van der Waals surface area contributed by atoms with Gasteiger partial charge in [-0.3, -0.25) is 14.9 Å². The van der Waals surface area contributed by atoms with Gasteiger partial charge in [0.2, 0.25) is 15.9 Å². The first-order valence-corrected chi connectivity index (χ1v) is 8.37. The second-order valence-electron chi connectivity index (χ2n) is 4.88. The lowest BCUT2D eigenvalue weighted by Crippen LogP contribution is -2.18. The van der Waals surface area contributed by atoms with Gasteiger partial charge in [0.05, 0.1) is 16.2 Å². The van der Waals surface area contributed by atoms with Crippen molar-refractivity contribution < 1.29 is 18.1 Å². The van der Waals surface area contributed by atoms with E-state index in [1.807, 2.05) is 0 Å². The number of nitro benzene ring substituents is 1. The minimum absolute atomic E-state index is 0.0412. The van der Waals surface area contributed by atoms with E-state index in [-0.39, 0.29) is 22.9 Å². The van der Waals surface area contributed by atoms with Crippen molar-refractivity contribution in [2.45, 2.75) is 11.3 Å². The zero-order chi connectivity index (χ0) is 17.7. The van der Waals surface area contributed by atoms with Crippen molar-refractivity contribution in [3.63, 3.8) is 0 Å². The second-order valence-corrected chi connectivity index (χ2v) is 6.77. The summed E-state index contributed by atoms with van der Waals surface area (Å²) in [7, 11) is -2.21. The Morgan fingerprint density at radius 3 is 2.17 bits per heavy atom. The largest absolute Gasteiger partial charge is 0.326 e. The van der Waals surface area contributed by atoms with Crippen molar-refractivity contribution in [2.75, 3.05) is 12.4 Å². The van der Waals surface area contributed by atoms with Crippen molar-refractivity contribution in [3.8, 4) is 0 Å². The number of anilines is 1. The van der Waals surface area contributed by atoms with Gasteiger partial charge in [0.1, 0.15) is 0 Å². The lowest BCUT2D eigenvalue weighted by atomic mass is 10.1. The maximum Gasteiger partial charge on any atom is 0.269 e. The van der Waals surface area contributed by atoms with Gasteiger partial charge in [0, 0.05) is 17.8 Å². The van der Waals surface area contributed by atoms with Crippen LogP contribution in [-0.4, -0.2) is 26.3 Å². The van der Waals surface area contributed by atoms with E-state index in [2.05, 4.69) is 10.0 Å². The third-order valence-electron chi connectivity index (χ3n) is 3.23. The molecule has 0 aliphatic carbocycles. The highest BCUT2D eigenvalue weighted by Gasteiger charge is 2.11. The lowest BCUT2D eigenvalue weighted by molar-refractivity contribution is -0.384. The van der Waals surface area contributed by atoms with Crippen LogP contribution in [0.15, 0.2) is 53.4 Å². The summed E-state index contributed by atoms with van der Waals surface area (Å²) in [6.45, 7) is 0. The van der Waals surface area contributed by atoms with Crippen LogP contribution in [-0.2, 0) is 21.2 Å². The summed E-state index contributed by atoms with van der Waals surface area (Å²) in [5, 5.41) is 13.2. The van der Waals surface area contributed by atoms with Crippen LogP contribution in [0.25, 0.3) is 0 Å². The first-order chi connectivity index (χ1) is 11.3. The van der Waals surface area contributed by atoms with Crippen LogP contribution in [0.3, 0.4) is 0 Å². The van der Waals surface area contributed by atoms with Gasteiger partial charge in [0.15, 0.2) is 0 Å². The number of rotatable bonds is 6. The highest BCUT2D eigenvalue weighted by atomic mass is 32.2. The molecule has 0 bridgehead atoms. The third kappa shape index (κ3) is 4.37. The molecule has 0 radical (unpaired) electrons. The molecule has 0 heterocycles. The van der Waals surface area contributed by atoms with E-state index in [4.69, 9.17) is 0 Å². The van der Waals surface area contributed by atoms with E-state index >= 15 is 0 Å². The molecule has 1 amide bonds. The first kappa shape index (κ1) is 17.6. The molecule has 0 unspecified atom stereocenters. The van der Waals surface area contributed by atoms with Crippen molar-refractivity contribution in [2.24, 2.45) is 0 Å². The number of nitrogens with zero attached hydrogens (tertiary/aromatic N) is 1. The highest BCUT2D eigenvalue weighted by Crippen LogP contribution is 2.15. The normalized spacial score (nSPS) is 11.0. The Hall–Kier alpha value is -2.78. The Labute approximate surface area is 138 Å². The number of nitro groups is 1. The van der Waals surface area contributed by atoms with Crippen molar-refractivity contribution >= 4 is 27.3 Å². The molecule has 0 fully saturated rings. The van der Waals surface area contributed by atoms with E-state index in [9.17, 15) is 23.3 Å². The Balaban J connectivity index is 2.00. The molecule has 0 spiro atoms. The molecule has 0 aromatic heterocycles. The number of hydrogen-bond acceptors (Lipinski definition) is 5. The Kier molecular flexibility index (Phi) is 5.27. The SMILES string of the molecule is CNS(=O)(=O)c1ccc(NC(=O)Cc2ccc([N+](=O)[O-])cc2)cc1. The molecule has 2 aromatic carbocycles. The summed E-state index contributed by atoms with van der Waals surface area (Å²) in [6, 6.07) is 11.4. The van der Waals surface area contributed by atoms with E-state index in [0.29, 0.717) is 11.3 Å². The summed E-state index contributed by atoms with van der Waals surface area (Å²) < 4.78 is 25.4. The Morgan fingerprint density at radius 1 is 1.08 bits per heavy atom. The van der Waals surface area contributed by atoms with Crippen molar-refractivity contribution in [3.05, 3.63) is 64.2 Å². The summed E-state index contributed by atoms with van der Waals surface area (Å²) in [5.74, 6) is -0.312. The van der Waals surface area contributed by atoms with Gasteiger partial charge in [-0.15, -0.1) is 0 Å². The number of carbonyl (C=O) groups excluding carboxylic acids is 1. The second kappa shape index (κ2) is 7.20. The lowest BCUT2D eigenvalue weighted by Gasteiger charge is -2.07. The summed E-state index contributed by atoms with van der Waals surface area (Å²) >= 11 is 0. The van der Waals surface area contributed by atoms with E-state index in [1.165, 1.54) is 55.6 Å². The highest BCUT2D eigenvalue weighted by molar-refractivity contribution is 7.89. The van der Waals surface area contributed by atoms with E-state index < -0.39 is 14.9 Å². The average Bonchev–Trinajstić information content (AvgIpc) is 2.55. The van der Waals surface area contributed by atoms with Gasteiger partial charge in [-0.1, -0.05) is 12.1 Å². The fraction of sp³-hybridized carbons (Fsp3) is 0.133. The zero-order valence-corrected chi connectivity index (χ0v) is 13.5. The van der Waals surface area contributed by atoms with Crippen molar-refractivity contribution in [1.82, 2.24) is 4.72 Å². The smallest absolute Gasteiger partial charge is 0.269 e. The van der Waals surface area contributed by atoms with Crippen LogP contribution in [0.2, 0.25) is 0 Å². The maximum atomic E-state index is 12.0. The van der Waals surface area contributed by atoms with Gasteiger partial charge >= 0.3 is 0 Å². The summed E-state index contributed by atoms with van der Waals surface area (Å²) in [4.78, 5) is 22.1. The molecule has 126 valence electrons. The molecule has 0 saturated heterocycles. The van der Waals surface area contributed by atoms with Crippen LogP contribution >= 0.6 is 0 Å². The van der Waals surface area contributed by atoms with Crippen LogP contribution in [0, 0.1) is 10.1 Å². The van der Waals surface area contributed by atoms with Gasteiger partial charge in [-0.25, -0.2) is 13.1 Å². The predicted octanol–water partition coefficient (Wildman–Crippen LogP) is 1.68. The molecular weight excluding hydrogens is 334 g/mol. The predicted molar refractivity (Wildman–Crippen MR) is 88.1 cm³/mol. The third-order valence-corrected chi connectivity index (χ3v) is 4.66. The quantitative estimate of drug-likeness (QED) is 0.607. The average molecular weight is 349 g/mol. The fourth-order valence-corrected chi connectivity index (χ4v) is 2.69. The number of hydrogen-bond donors (Lipinski definition) is 2. The van der Waals surface area contributed by atoms with Crippen LogP contribution in [0.4, 0.5) is 11.4 Å². The number of carbonyl (C=O) groups is 1. The Morgan fingerprint density at radius 2 is 1.67 bits per heavy atom. The molecule has 0 aliphatic rings. The molecular formula is C15H15N3O5S. The molecule has 9 heteroatoms. The summed E-state index contributed by atoms with van der Waals surface area (Å²) in [5.41, 5.74) is 1.05. The summed E-state index contributed by atoms with van der Waals surface area (Å²) in [6.07, 6.45) is 0.0502. The molecule has 2 aromatic rings. The molecule has 8 nitrogen and oxygen atoms in total. The van der Waals surface area contributed by atoms with Gasteiger partial charge < -0.3 is 5.32 Å². The molecule has 2 N–H and O–H groups in total. The molecule has 0 aliphatic heterocycles. The monoisotopic (exact) mass is 349 g/mol. The minimum Gasteiger partial charge on any atom is -0.326 e. The van der Waals surface area contributed by atoms with E-state index in [1.54, 1.807) is 0 Å². The number of sulfonamides is 1. The topological polar surface area (TPSA) is 118 Å². The first-order valence-electron chi connectivity index (χ1n) is 6.88. The molecule has 2 rings (SSSR count). The Bertz CT molecular complexity index is 846. The minimum atomic E-state index is -3.52. The number of amides is 1. The van der Waals surface area contributed by atoms with Crippen LogP contribution in [0.1, 0.15) is 5.56 Å². The molecule has 0 atom stereocenters. The van der Waals surface area contributed by atoms with Gasteiger partial charge in [-0.05, 0) is 36.9 Å². The van der Waals surface area contributed by atoms with Crippen LogP contribution in [0.5, 0.6) is 0 Å². The zero-order valence-electron chi connectivity index (χ0n) is 12.7. The van der Waals surface area contributed by atoms with E-state index in [0.717, 1.165) is 0 Å². The van der Waals surface area contributed by atoms with Gasteiger partial charge in [-0.2, -0.15) is 0 Å². The van der Waals surface area contributed by atoms with Crippen molar-refractivity contribution in [1.29, 1.82) is 0 Å².